The summed E-state index contributed by atoms with van der Waals surface area (Å²) in [6.45, 7) is 1.76. The molecule has 0 bridgehead atoms. The van der Waals surface area contributed by atoms with Gasteiger partial charge in [-0.25, -0.2) is 18.4 Å². The predicted molar refractivity (Wildman–Crippen MR) is 103 cm³/mol. The zero-order valence-electron chi connectivity index (χ0n) is 15.6. The molecule has 150 valence electrons. The van der Waals surface area contributed by atoms with Gasteiger partial charge in [-0.2, -0.15) is 0 Å². The lowest BCUT2D eigenvalue weighted by atomic mass is 10.1. The first kappa shape index (κ1) is 21.4. The third-order valence-electron chi connectivity index (χ3n) is 3.97. The van der Waals surface area contributed by atoms with Crippen LogP contribution in [0.5, 0.6) is 5.75 Å². The van der Waals surface area contributed by atoms with Crippen LogP contribution in [0, 0.1) is 6.92 Å². The molecule has 1 amide bonds. The lowest BCUT2D eigenvalue weighted by Gasteiger charge is -2.09. The molecule has 0 aliphatic heterocycles. The molecule has 28 heavy (non-hydrogen) atoms. The van der Waals surface area contributed by atoms with E-state index in [1.165, 1.54) is 19.2 Å². The molecule has 0 spiro atoms. The fourth-order valence-electron chi connectivity index (χ4n) is 2.40. The van der Waals surface area contributed by atoms with E-state index < -0.39 is 28.5 Å². The summed E-state index contributed by atoms with van der Waals surface area (Å²) in [5, 5.41) is 7.67. The average Bonchev–Trinajstić information content (AvgIpc) is 2.66. The van der Waals surface area contributed by atoms with Crippen LogP contribution in [0.2, 0.25) is 0 Å². The van der Waals surface area contributed by atoms with Gasteiger partial charge in [0.2, 0.25) is 10.0 Å². The lowest BCUT2D eigenvalue weighted by Crippen LogP contribution is -2.30. The summed E-state index contributed by atoms with van der Waals surface area (Å²) in [7, 11) is -2.22. The Hall–Kier alpha value is -2.91. The van der Waals surface area contributed by atoms with Crippen molar-refractivity contribution in [1.82, 2.24) is 5.32 Å². The highest BCUT2D eigenvalue weighted by molar-refractivity contribution is 7.89. The van der Waals surface area contributed by atoms with Crippen molar-refractivity contribution in [3.05, 3.63) is 59.2 Å². The SMILES string of the molecule is COc1cc(C(=O)OCC(=O)NCCc2ccc(S(N)(=O)=O)cc2)ccc1C. The number of amides is 1. The van der Waals surface area contributed by atoms with Crippen LogP contribution in [-0.4, -0.2) is 40.6 Å². The maximum absolute atomic E-state index is 12.0. The summed E-state index contributed by atoms with van der Waals surface area (Å²) < 4.78 is 32.6. The molecular weight excluding hydrogens is 384 g/mol. The highest BCUT2D eigenvalue weighted by Crippen LogP contribution is 2.19. The second-order valence-electron chi connectivity index (χ2n) is 6.05. The molecule has 0 aliphatic rings. The second-order valence-corrected chi connectivity index (χ2v) is 7.61. The first-order chi connectivity index (χ1) is 13.2. The van der Waals surface area contributed by atoms with Crippen LogP contribution in [0.25, 0.3) is 0 Å². The Kier molecular flexibility index (Phi) is 7.13. The standard InChI is InChI=1S/C19H22N2O6S/c1-13-3-6-15(11-17(13)26-2)19(23)27-12-18(22)21-10-9-14-4-7-16(8-5-14)28(20,24)25/h3-8,11H,9-10,12H2,1-2H3,(H,21,22)(H2,20,24,25). The van der Waals surface area contributed by atoms with E-state index in [0.29, 0.717) is 24.3 Å². The molecule has 0 unspecified atom stereocenters. The number of hydrogen-bond acceptors (Lipinski definition) is 6. The number of esters is 1. The molecule has 0 aliphatic carbocycles. The van der Waals surface area contributed by atoms with E-state index in [1.54, 1.807) is 30.3 Å². The Balaban J connectivity index is 1.77. The van der Waals surface area contributed by atoms with Gasteiger partial charge >= 0.3 is 5.97 Å². The zero-order valence-corrected chi connectivity index (χ0v) is 16.4. The Bertz CT molecular complexity index is 955. The van der Waals surface area contributed by atoms with Crippen LogP contribution < -0.4 is 15.2 Å². The van der Waals surface area contributed by atoms with Crippen LogP contribution in [0.1, 0.15) is 21.5 Å². The number of sulfonamides is 1. The summed E-state index contributed by atoms with van der Waals surface area (Å²) in [6, 6.07) is 10.9. The molecule has 0 heterocycles. The molecule has 0 radical (unpaired) electrons. The summed E-state index contributed by atoms with van der Waals surface area (Å²) in [5.74, 6) is -0.493. The largest absolute Gasteiger partial charge is 0.496 e. The number of carbonyl (C=O) groups excluding carboxylic acids is 2. The van der Waals surface area contributed by atoms with Crippen LogP contribution in [0.3, 0.4) is 0 Å². The number of carbonyl (C=O) groups is 2. The summed E-state index contributed by atoms with van der Waals surface area (Å²) in [4.78, 5) is 23.9. The number of benzene rings is 2. The fraction of sp³-hybridized carbons (Fsp3) is 0.263. The van der Waals surface area contributed by atoms with E-state index in [4.69, 9.17) is 14.6 Å². The highest BCUT2D eigenvalue weighted by atomic mass is 32.2. The number of ether oxygens (including phenoxy) is 2. The summed E-state index contributed by atoms with van der Waals surface area (Å²) in [5.41, 5.74) is 2.01. The van der Waals surface area contributed by atoms with Crippen molar-refractivity contribution in [2.75, 3.05) is 20.3 Å². The first-order valence-corrected chi connectivity index (χ1v) is 9.95. The van der Waals surface area contributed by atoms with Crippen molar-refractivity contribution in [3.8, 4) is 5.75 Å². The van der Waals surface area contributed by atoms with E-state index >= 15 is 0 Å². The molecule has 0 atom stereocenters. The first-order valence-electron chi connectivity index (χ1n) is 8.41. The van der Waals surface area contributed by atoms with Crippen molar-refractivity contribution in [3.63, 3.8) is 0 Å². The molecular formula is C19H22N2O6S. The number of nitrogens with one attached hydrogen (secondary N) is 1. The minimum Gasteiger partial charge on any atom is -0.496 e. The van der Waals surface area contributed by atoms with E-state index in [-0.39, 0.29) is 4.90 Å². The Morgan fingerprint density at radius 3 is 2.39 bits per heavy atom. The number of methoxy groups -OCH3 is 1. The maximum Gasteiger partial charge on any atom is 0.338 e. The predicted octanol–water partition coefficient (Wildman–Crippen LogP) is 1.17. The molecule has 3 N–H and O–H groups in total. The molecule has 0 aromatic heterocycles. The van der Waals surface area contributed by atoms with E-state index in [2.05, 4.69) is 5.32 Å². The van der Waals surface area contributed by atoms with Crippen LogP contribution in [0.15, 0.2) is 47.4 Å². The summed E-state index contributed by atoms with van der Waals surface area (Å²) >= 11 is 0. The van der Waals surface area contributed by atoms with Crippen molar-refractivity contribution >= 4 is 21.9 Å². The number of rotatable bonds is 8. The van der Waals surface area contributed by atoms with Crippen LogP contribution >= 0.6 is 0 Å². The lowest BCUT2D eigenvalue weighted by molar-refractivity contribution is -0.124. The highest BCUT2D eigenvalue weighted by Gasteiger charge is 2.12. The molecule has 0 saturated carbocycles. The van der Waals surface area contributed by atoms with Crippen molar-refractivity contribution in [1.29, 1.82) is 0 Å². The van der Waals surface area contributed by atoms with Gasteiger partial charge in [-0.1, -0.05) is 18.2 Å². The van der Waals surface area contributed by atoms with Gasteiger partial charge in [0.15, 0.2) is 6.61 Å². The van der Waals surface area contributed by atoms with Crippen LogP contribution in [-0.2, 0) is 26.0 Å². The normalized spacial score (nSPS) is 11.0. The minimum absolute atomic E-state index is 0.0277. The molecule has 0 fully saturated rings. The maximum atomic E-state index is 12.0. The van der Waals surface area contributed by atoms with E-state index in [0.717, 1.165) is 11.1 Å². The van der Waals surface area contributed by atoms with Gasteiger partial charge in [0.1, 0.15) is 5.75 Å². The van der Waals surface area contributed by atoms with Gasteiger partial charge in [-0.3, -0.25) is 4.79 Å². The zero-order chi connectivity index (χ0) is 20.7. The summed E-state index contributed by atoms with van der Waals surface area (Å²) in [6.07, 6.45) is 0.486. The van der Waals surface area contributed by atoms with Crippen molar-refractivity contribution in [2.24, 2.45) is 5.14 Å². The van der Waals surface area contributed by atoms with Crippen molar-refractivity contribution in [2.45, 2.75) is 18.2 Å². The Morgan fingerprint density at radius 2 is 1.79 bits per heavy atom. The second kappa shape index (κ2) is 9.34. The van der Waals surface area contributed by atoms with E-state index in [1.807, 2.05) is 6.92 Å². The number of aryl methyl sites for hydroxylation is 1. The number of hydrogen-bond donors (Lipinski definition) is 2. The monoisotopic (exact) mass is 406 g/mol. The van der Waals surface area contributed by atoms with Gasteiger partial charge in [0, 0.05) is 6.54 Å². The molecule has 2 aromatic rings. The van der Waals surface area contributed by atoms with Crippen LogP contribution in [0.4, 0.5) is 0 Å². The van der Waals surface area contributed by atoms with Gasteiger partial charge in [-0.15, -0.1) is 0 Å². The van der Waals surface area contributed by atoms with Crippen molar-refractivity contribution < 1.29 is 27.5 Å². The molecule has 2 rings (SSSR count). The molecule has 8 nitrogen and oxygen atoms in total. The fourth-order valence-corrected chi connectivity index (χ4v) is 2.92. The quantitative estimate of drug-likeness (QED) is 0.634. The van der Waals surface area contributed by atoms with Gasteiger partial charge in [-0.05, 0) is 48.7 Å². The number of nitrogens with two attached hydrogens (primary N) is 1. The Morgan fingerprint density at radius 1 is 1.11 bits per heavy atom. The smallest absolute Gasteiger partial charge is 0.338 e. The average molecular weight is 406 g/mol. The van der Waals surface area contributed by atoms with Gasteiger partial charge in [0.25, 0.3) is 5.91 Å². The molecule has 0 saturated heterocycles. The molecule has 2 aromatic carbocycles. The topological polar surface area (TPSA) is 125 Å². The Labute approximate surface area is 163 Å². The van der Waals surface area contributed by atoms with E-state index in [9.17, 15) is 18.0 Å². The third kappa shape index (κ3) is 6.07. The van der Waals surface area contributed by atoms with Gasteiger partial charge in [0.05, 0.1) is 17.6 Å². The van der Waals surface area contributed by atoms with Gasteiger partial charge < -0.3 is 14.8 Å². The minimum atomic E-state index is -3.72. The third-order valence-corrected chi connectivity index (χ3v) is 4.90. The molecule has 9 heteroatoms. The number of primary sulfonamides is 1.